The van der Waals surface area contributed by atoms with E-state index >= 15 is 0 Å². The molecule has 0 aromatic rings. The Morgan fingerprint density at radius 3 is 0.879 bits per heavy atom. The average Bonchev–Trinajstić information content (AvgIpc) is 3.31. The summed E-state index contributed by atoms with van der Waals surface area (Å²) in [4.78, 5) is 38.1. The maximum Gasteiger partial charge on any atom is 0.306 e. The van der Waals surface area contributed by atoms with Gasteiger partial charge in [0.15, 0.2) is 6.10 Å². The minimum Gasteiger partial charge on any atom is -0.462 e. The molecule has 0 aromatic carbocycles. The molecule has 0 saturated carbocycles. The van der Waals surface area contributed by atoms with Gasteiger partial charge >= 0.3 is 17.9 Å². The highest BCUT2D eigenvalue weighted by Gasteiger charge is 2.19. The van der Waals surface area contributed by atoms with Crippen molar-refractivity contribution in [2.24, 2.45) is 0 Å². The van der Waals surface area contributed by atoms with E-state index in [4.69, 9.17) is 14.2 Å². The maximum atomic E-state index is 12.8. The van der Waals surface area contributed by atoms with Crippen molar-refractivity contribution in [3.8, 4) is 0 Å². The lowest BCUT2D eigenvalue weighted by Gasteiger charge is -2.18. The lowest BCUT2D eigenvalue weighted by molar-refractivity contribution is -0.167. The summed E-state index contributed by atoms with van der Waals surface area (Å²) in [5.41, 5.74) is 0. The first-order valence-electron chi connectivity index (χ1n) is 28.6. The molecule has 0 spiro atoms. The zero-order valence-corrected chi connectivity index (χ0v) is 44.0. The molecule has 0 aromatic heterocycles. The second kappa shape index (κ2) is 55.0. The molecule has 6 nitrogen and oxygen atoms in total. The number of rotatable bonds is 52. The number of hydrogen-bond donors (Lipinski definition) is 0. The molecule has 0 saturated heterocycles. The van der Waals surface area contributed by atoms with Crippen molar-refractivity contribution >= 4 is 17.9 Å². The predicted molar refractivity (Wildman–Crippen MR) is 284 cm³/mol. The Morgan fingerprint density at radius 1 is 0.303 bits per heavy atom. The fourth-order valence-corrected chi connectivity index (χ4v) is 8.17. The summed E-state index contributed by atoms with van der Waals surface area (Å²) in [6.07, 6.45) is 66.6. The number of unbranched alkanes of at least 4 members (excludes halogenated alkanes) is 33. The first-order valence-corrected chi connectivity index (χ1v) is 28.6. The van der Waals surface area contributed by atoms with Crippen LogP contribution in [0.15, 0.2) is 48.6 Å². The van der Waals surface area contributed by atoms with E-state index < -0.39 is 6.10 Å². The van der Waals surface area contributed by atoms with Gasteiger partial charge in [0, 0.05) is 19.3 Å². The van der Waals surface area contributed by atoms with E-state index in [1.807, 2.05) is 0 Å². The highest BCUT2D eigenvalue weighted by Crippen LogP contribution is 2.15. The van der Waals surface area contributed by atoms with Gasteiger partial charge in [-0.25, -0.2) is 0 Å². The molecule has 0 heterocycles. The molecule has 0 radical (unpaired) electrons. The van der Waals surface area contributed by atoms with Crippen LogP contribution in [0.2, 0.25) is 0 Å². The third kappa shape index (κ3) is 52.3. The first-order chi connectivity index (χ1) is 32.5. The fraction of sp³-hybridized carbons (Fsp3) is 0.817. The number of ether oxygens (including phenoxy) is 3. The number of esters is 3. The Morgan fingerprint density at radius 2 is 0.545 bits per heavy atom. The second-order valence-electron chi connectivity index (χ2n) is 19.2. The number of hydrogen-bond acceptors (Lipinski definition) is 6. The Bertz CT molecular complexity index is 1150. The van der Waals surface area contributed by atoms with Crippen molar-refractivity contribution in [1.82, 2.24) is 0 Å². The number of carbonyl (C=O) groups is 3. The maximum absolute atomic E-state index is 12.8. The van der Waals surface area contributed by atoms with Gasteiger partial charge < -0.3 is 14.2 Å². The van der Waals surface area contributed by atoms with Crippen LogP contribution in [0.3, 0.4) is 0 Å². The Labute approximate surface area is 409 Å². The molecule has 0 amide bonds. The van der Waals surface area contributed by atoms with Crippen LogP contribution >= 0.6 is 0 Å². The summed E-state index contributed by atoms with van der Waals surface area (Å²) >= 11 is 0. The standard InChI is InChI=1S/C60H108O6/c1-4-7-10-13-16-19-22-25-28-30-33-35-38-41-44-47-50-53-59(62)65-56-57(55-64-58(61)52-49-46-43-40-37-34-31-27-24-21-18-15-12-9-6-3)66-60(63)54-51-48-45-42-39-36-32-29-26-23-20-17-14-11-8-5-2/h16,19,25,27-29,31-32,57H,4-15,17-18,20-24,26,30,33-56H2,1-3H3/b19-16-,28-25-,31-27-,32-29-/t57-/m1/s1. The van der Waals surface area contributed by atoms with Gasteiger partial charge in [-0.2, -0.15) is 0 Å². The quantitative estimate of drug-likeness (QED) is 0.0262. The minimum atomic E-state index is -0.783. The van der Waals surface area contributed by atoms with Crippen molar-refractivity contribution in [1.29, 1.82) is 0 Å². The minimum absolute atomic E-state index is 0.0819. The van der Waals surface area contributed by atoms with Crippen molar-refractivity contribution in [2.75, 3.05) is 13.2 Å². The molecule has 0 rings (SSSR count). The predicted octanol–water partition coefficient (Wildman–Crippen LogP) is 19.0. The van der Waals surface area contributed by atoms with E-state index in [-0.39, 0.29) is 31.1 Å². The van der Waals surface area contributed by atoms with Gasteiger partial charge in [0.05, 0.1) is 0 Å². The van der Waals surface area contributed by atoms with Gasteiger partial charge in [0.2, 0.25) is 0 Å². The van der Waals surface area contributed by atoms with Gasteiger partial charge in [-0.1, -0.05) is 223 Å². The third-order valence-corrected chi connectivity index (χ3v) is 12.5. The van der Waals surface area contributed by atoms with Gasteiger partial charge in [0.1, 0.15) is 13.2 Å². The number of allylic oxidation sites excluding steroid dienone is 8. The topological polar surface area (TPSA) is 78.9 Å². The molecule has 1 atom stereocenters. The smallest absolute Gasteiger partial charge is 0.306 e. The molecule has 384 valence electrons. The highest BCUT2D eigenvalue weighted by molar-refractivity contribution is 5.71. The van der Waals surface area contributed by atoms with Crippen LogP contribution in [0.4, 0.5) is 0 Å². The van der Waals surface area contributed by atoms with Crippen LogP contribution in [0, 0.1) is 0 Å². The Kier molecular flexibility index (Phi) is 52.8. The van der Waals surface area contributed by atoms with Crippen LogP contribution in [-0.2, 0) is 28.6 Å². The molecule has 0 aliphatic rings. The molecule has 0 bridgehead atoms. The lowest BCUT2D eigenvalue weighted by atomic mass is 10.1. The molecular formula is C60H108O6. The van der Waals surface area contributed by atoms with Crippen LogP contribution in [0.25, 0.3) is 0 Å². The largest absolute Gasteiger partial charge is 0.462 e. The Hall–Kier alpha value is -2.63. The molecular weight excluding hydrogens is 817 g/mol. The van der Waals surface area contributed by atoms with Crippen molar-refractivity contribution in [2.45, 2.75) is 303 Å². The zero-order chi connectivity index (χ0) is 47.9. The van der Waals surface area contributed by atoms with Gasteiger partial charge in [-0.15, -0.1) is 0 Å². The Balaban J connectivity index is 4.40. The molecule has 0 aliphatic heterocycles. The van der Waals surface area contributed by atoms with Gasteiger partial charge in [-0.05, 0) is 103 Å². The molecule has 66 heavy (non-hydrogen) atoms. The zero-order valence-electron chi connectivity index (χ0n) is 44.0. The van der Waals surface area contributed by atoms with Crippen molar-refractivity contribution in [3.63, 3.8) is 0 Å². The summed E-state index contributed by atoms with van der Waals surface area (Å²) in [7, 11) is 0. The van der Waals surface area contributed by atoms with E-state index in [1.165, 1.54) is 167 Å². The van der Waals surface area contributed by atoms with Crippen molar-refractivity contribution in [3.05, 3.63) is 48.6 Å². The SMILES string of the molecule is CCCCC/C=C\C/C=C\CCCCCCCCCC(=O)OC[C@@H](COC(=O)CCCCCCC/C=C\CCCCCCCC)OC(=O)CCCCCCC/C=C\CCCCCCCCC. The monoisotopic (exact) mass is 925 g/mol. The number of carbonyl (C=O) groups excluding carboxylic acids is 3. The van der Waals surface area contributed by atoms with E-state index in [1.54, 1.807) is 0 Å². The van der Waals surface area contributed by atoms with Crippen LogP contribution < -0.4 is 0 Å². The summed E-state index contributed by atoms with van der Waals surface area (Å²) in [6.45, 7) is 6.61. The average molecular weight is 926 g/mol. The van der Waals surface area contributed by atoms with E-state index in [0.717, 1.165) is 89.9 Å². The fourth-order valence-electron chi connectivity index (χ4n) is 8.17. The molecule has 6 heteroatoms. The van der Waals surface area contributed by atoms with Crippen LogP contribution in [-0.4, -0.2) is 37.2 Å². The first kappa shape index (κ1) is 63.4. The third-order valence-electron chi connectivity index (χ3n) is 12.5. The van der Waals surface area contributed by atoms with E-state index in [9.17, 15) is 14.4 Å². The van der Waals surface area contributed by atoms with Crippen LogP contribution in [0.5, 0.6) is 0 Å². The second-order valence-corrected chi connectivity index (χ2v) is 19.2. The lowest BCUT2D eigenvalue weighted by Crippen LogP contribution is -2.30. The summed E-state index contributed by atoms with van der Waals surface area (Å²) < 4.78 is 16.9. The molecule has 0 unspecified atom stereocenters. The van der Waals surface area contributed by atoms with Crippen LogP contribution in [0.1, 0.15) is 297 Å². The summed E-state index contributed by atoms with van der Waals surface area (Å²) in [6, 6.07) is 0. The van der Waals surface area contributed by atoms with Crippen molar-refractivity contribution < 1.29 is 28.6 Å². The van der Waals surface area contributed by atoms with Gasteiger partial charge in [-0.3, -0.25) is 14.4 Å². The summed E-state index contributed by atoms with van der Waals surface area (Å²) in [5.74, 6) is -0.894. The highest BCUT2D eigenvalue weighted by atomic mass is 16.6. The summed E-state index contributed by atoms with van der Waals surface area (Å²) in [5, 5.41) is 0. The van der Waals surface area contributed by atoms with Gasteiger partial charge in [0.25, 0.3) is 0 Å². The molecule has 0 N–H and O–H groups in total. The molecule has 0 aliphatic carbocycles. The normalized spacial score (nSPS) is 12.3. The van der Waals surface area contributed by atoms with E-state index in [0.29, 0.717) is 19.3 Å². The molecule has 0 fully saturated rings. The van der Waals surface area contributed by atoms with E-state index in [2.05, 4.69) is 69.4 Å².